The van der Waals surface area contributed by atoms with Crippen LogP contribution >= 0.6 is 24.2 Å². The lowest BCUT2D eigenvalue weighted by atomic mass is 10.1. The highest BCUT2D eigenvalue weighted by Crippen LogP contribution is 2.20. The van der Waals surface area contributed by atoms with Gasteiger partial charge in [0, 0.05) is 22.3 Å². The van der Waals surface area contributed by atoms with Crippen LogP contribution in [-0.4, -0.2) is 45.7 Å². The molecular weight excluding hydrogens is 438 g/mol. The monoisotopic (exact) mass is 459 g/mol. The van der Waals surface area contributed by atoms with E-state index in [0.29, 0.717) is 10.8 Å². The van der Waals surface area contributed by atoms with Gasteiger partial charge in [-0.05, 0) is 42.0 Å². The fourth-order valence-corrected chi connectivity index (χ4v) is 3.62. The van der Waals surface area contributed by atoms with Gasteiger partial charge in [0.25, 0.3) is 5.91 Å². The number of halogens is 1. The van der Waals surface area contributed by atoms with E-state index in [1.165, 1.54) is 0 Å². The molecule has 0 aliphatic heterocycles. The maximum atomic E-state index is 12.8. The molecule has 0 fully saturated rings. The summed E-state index contributed by atoms with van der Waals surface area (Å²) in [6.07, 6.45) is 0.372. The van der Waals surface area contributed by atoms with E-state index in [1.54, 1.807) is 48.5 Å². The van der Waals surface area contributed by atoms with Gasteiger partial charge >= 0.3 is 5.97 Å². The summed E-state index contributed by atoms with van der Waals surface area (Å²) < 4.78 is 0. The molecule has 0 saturated heterocycles. The Hall–Kier alpha value is -2.97. The number of nitrogens with one attached hydrogen (secondary N) is 3. The standard InChI is InChI=1S/C22H22ClN3O4S/c23-15-6-7-16-14(11-15)12-18(24-16)21(28)25-17(8-9-31)20(27)26-19(22(29)30)10-13-4-2-1-3-5-13/h1-7,11-12,17,19,24,31H,8-10H2,(H,25,28)(H,26,27)(H,29,30)/t17?,19-/m1/s1. The molecule has 0 aliphatic carbocycles. The summed E-state index contributed by atoms with van der Waals surface area (Å²) in [4.78, 5) is 40.1. The minimum atomic E-state index is -1.15. The van der Waals surface area contributed by atoms with Crippen LogP contribution in [0.4, 0.5) is 0 Å². The fourth-order valence-electron chi connectivity index (χ4n) is 3.18. The number of carbonyl (C=O) groups is 3. The van der Waals surface area contributed by atoms with E-state index in [2.05, 4.69) is 28.2 Å². The van der Waals surface area contributed by atoms with Gasteiger partial charge in [-0.15, -0.1) is 0 Å². The van der Waals surface area contributed by atoms with Gasteiger partial charge in [0.15, 0.2) is 0 Å². The average molecular weight is 460 g/mol. The van der Waals surface area contributed by atoms with Gasteiger partial charge in [0.05, 0.1) is 0 Å². The van der Waals surface area contributed by atoms with Gasteiger partial charge < -0.3 is 20.7 Å². The third kappa shape index (κ3) is 6.02. The number of fused-ring (bicyclic) bond motifs is 1. The lowest BCUT2D eigenvalue weighted by Gasteiger charge is -2.21. The van der Waals surface area contributed by atoms with Crippen molar-refractivity contribution in [3.8, 4) is 0 Å². The summed E-state index contributed by atoms with van der Waals surface area (Å²) in [5.41, 5.74) is 1.79. The van der Waals surface area contributed by atoms with E-state index in [4.69, 9.17) is 11.6 Å². The summed E-state index contributed by atoms with van der Waals surface area (Å²) in [6.45, 7) is 0. The Balaban J connectivity index is 1.70. The molecule has 7 nitrogen and oxygen atoms in total. The molecule has 4 N–H and O–H groups in total. The second-order valence-electron chi connectivity index (χ2n) is 7.04. The highest BCUT2D eigenvalue weighted by atomic mass is 35.5. The van der Waals surface area contributed by atoms with Crippen LogP contribution < -0.4 is 10.6 Å². The normalized spacial score (nSPS) is 12.8. The number of hydrogen-bond donors (Lipinski definition) is 5. The second kappa shape index (κ2) is 10.4. The predicted octanol–water partition coefficient (Wildman–Crippen LogP) is 3.05. The van der Waals surface area contributed by atoms with Crippen LogP contribution in [0.3, 0.4) is 0 Å². The number of amides is 2. The molecule has 0 aliphatic rings. The van der Waals surface area contributed by atoms with E-state index >= 15 is 0 Å². The molecule has 2 aromatic carbocycles. The summed E-state index contributed by atoms with van der Waals surface area (Å²) in [7, 11) is 0. The van der Waals surface area contributed by atoms with Crippen molar-refractivity contribution in [1.29, 1.82) is 0 Å². The third-order valence-electron chi connectivity index (χ3n) is 4.76. The summed E-state index contributed by atoms with van der Waals surface area (Å²) in [5, 5.41) is 16.0. The first kappa shape index (κ1) is 22.7. The highest BCUT2D eigenvalue weighted by Gasteiger charge is 2.27. The number of thiol groups is 1. The molecule has 2 atom stereocenters. The zero-order valence-electron chi connectivity index (χ0n) is 16.5. The molecule has 2 amide bonds. The lowest BCUT2D eigenvalue weighted by molar-refractivity contribution is -0.142. The zero-order valence-corrected chi connectivity index (χ0v) is 18.1. The Labute approximate surface area is 189 Å². The topological polar surface area (TPSA) is 111 Å². The van der Waals surface area contributed by atoms with E-state index in [9.17, 15) is 19.5 Å². The third-order valence-corrected chi connectivity index (χ3v) is 5.26. The molecule has 1 aromatic heterocycles. The van der Waals surface area contributed by atoms with Gasteiger partial charge in [-0.2, -0.15) is 12.6 Å². The van der Waals surface area contributed by atoms with Crippen LogP contribution in [0.15, 0.2) is 54.6 Å². The number of carboxylic acid groups (broad SMARTS) is 1. The molecule has 31 heavy (non-hydrogen) atoms. The van der Waals surface area contributed by atoms with Crippen LogP contribution in [0, 0.1) is 0 Å². The molecule has 0 radical (unpaired) electrons. The first-order valence-electron chi connectivity index (χ1n) is 9.64. The molecule has 3 rings (SSSR count). The number of benzene rings is 2. The Bertz CT molecular complexity index is 1090. The summed E-state index contributed by atoms with van der Waals surface area (Å²) in [6, 6.07) is 13.8. The van der Waals surface area contributed by atoms with Gasteiger partial charge in [-0.1, -0.05) is 41.9 Å². The van der Waals surface area contributed by atoms with E-state index in [0.717, 1.165) is 16.5 Å². The van der Waals surface area contributed by atoms with E-state index < -0.39 is 29.9 Å². The second-order valence-corrected chi connectivity index (χ2v) is 7.93. The molecule has 1 unspecified atom stereocenters. The first-order chi connectivity index (χ1) is 14.9. The molecule has 162 valence electrons. The number of hydrogen-bond acceptors (Lipinski definition) is 4. The van der Waals surface area contributed by atoms with Gasteiger partial charge in [0.2, 0.25) is 5.91 Å². The minimum Gasteiger partial charge on any atom is -0.480 e. The Kier molecular flexibility index (Phi) is 7.59. The van der Waals surface area contributed by atoms with Crippen molar-refractivity contribution < 1.29 is 19.5 Å². The van der Waals surface area contributed by atoms with Crippen LogP contribution in [0.5, 0.6) is 0 Å². The Morgan fingerprint density at radius 1 is 1.03 bits per heavy atom. The Morgan fingerprint density at radius 3 is 2.45 bits per heavy atom. The number of H-pyrrole nitrogens is 1. The maximum absolute atomic E-state index is 12.8. The lowest BCUT2D eigenvalue weighted by Crippen LogP contribution is -2.52. The average Bonchev–Trinajstić information content (AvgIpc) is 3.17. The molecule has 9 heteroatoms. The number of carboxylic acids is 1. The molecule has 0 spiro atoms. The van der Waals surface area contributed by atoms with Crippen molar-refractivity contribution in [3.63, 3.8) is 0 Å². The highest BCUT2D eigenvalue weighted by molar-refractivity contribution is 7.80. The van der Waals surface area contributed by atoms with Crippen LogP contribution in [-0.2, 0) is 16.0 Å². The number of carbonyl (C=O) groups excluding carboxylic acids is 2. The molecule has 3 aromatic rings. The van der Waals surface area contributed by atoms with Crippen LogP contribution in [0.25, 0.3) is 10.9 Å². The van der Waals surface area contributed by atoms with Crippen molar-refractivity contribution in [2.75, 3.05) is 5.75 Å². The number of aromatic nitrogens is 1. The fraction of sp³-hybridized carbons (Fsp3) is 0.227. The zero-order chi connectivity index (χ0) is 22.4. The van der Waals surface area contributed by atoms with Crippen molar-refractivity contribution in [2.45, 2.75) is 24.9 Å². The van der Waals surface area contributed by atoms with Crippen LogP contribution in [0.1, 0.15) is 22.5 Å². The molecular formula is C22H22ClN3O4S. The van der Waals surface area contributed by atoms with Gasteiger partial charge in [-0.25, -0.2) is 4.79 Å². The Morgan fingerprint density at radius 2 is 1.77 bits per heavy atom. The first-order valence-corrected chi connectivity index (χ1v) is 10.7. The number of aliphatic carboxylic acids is 1. The largest absolute Gasteiger partial charge is 0.480 e. The van der Waals surface area contributed by atoms with Crippen molar-refractivity contribution in [1.82, 2.24) is 15.6 Å². The van der Waals surface area contributed by atoms with Crippen molar-refractivity contribution >= 4 is 52.9 Å². The molecule has 0 bridgehead atoms. The quantitative estimate of drug-likeness (QED) is 0.317. The predicted molar refractivity (Wildman–Crippen MR) is 123 cm³/mol. The maximum Gasteiger partial charge on any atom is 0.326 e. The van der Waals surface area contributed by atoms with Crippen molar-refractivity contribution in [3.05, 3.63) is 70.9 Å². The SMILES string of the molecule is O=C(NC(CCS)C(=O)N[C@H](Cc1ccccc1)C(=O)O)c1cc2cc(Cl)ccc2[nH]1. The van der Waals surface area contributed by atoms with Gasteiger partial charge in [0.1, 0.15) is 17.8 Å². The van der Waals surface area contributed by atoms with E-state index in [-0.39, 0.29) is 18.5 Å². The smallest absolute Gasteiger partial charge is 0.326 e. The molecule has 0 saturated carbocycles. The van der Waals surface area contributed by atoms with E-state index in [1.807, 2.05) is 6.07 Å². The van der Waals surface area contributed by atoms with Crippen LogP contribution in [0.2, 0.25) is 5.02 Å². The minimum absolute atomic E-state index is 0.131. The number of rotatable bonds is 9. The van der Waals surface area contributed by atoms with Gasteiger partial charge in [-0.3, -0.25) is 9.59 Å². The summed E-state index contributed by atoms with van der Waals surface area (Å²) >= 11 is 10.1. The van der Waals surface area contributed by atoms with Crippen molar-refractivity contribution in [2.24, 2.45) is 0 Å². The molecule has 1 heterocycles. The number of aromatic amines is 1. The summed E-state index contributed by atoms with van der Waals surface area (Å²) in [5.74, 6) is -1.88.